The highest BCUT2D eigenvalue weighted by Crippen LogP contribution is 2.23. The molecule has 0 spiro atoms. The molecule has 1 amide bonds. The number of benzene rings is 1. The number of anilines is 1. The van der Waals surface area contributed by atoms with Gasteiger partial charge >= 0.3 is 0 Å². The van der Waals surface area contributed by atoms with Gasteiger partial charge in [0, 0.05) is 49.0 Å². The quantitative estimate of drug-likeness (QED) is 0.717. The molecule has 2 aromatic heterocycles. The Hall–Kier alpha value is -2.93. The molecule has 3 heterocycles. The second-order valence-electron chi connectivity index (χ2n) is 6.77. The summed E-state index contributed by atoms with van der Waals surface area (Å²) < 4.78 is 1.85. The predicted octanol–water partition coefficient (Wildman–Crippen LogP) is 2.85. The molecule has 1 aliphatic rings. The van der Waals surface area contributed by atoms with Gasteiger partial charge in [0.05, 0.1) is 0 Å². The molecule has 4 rings (SSSR count). The van der Waals surface area contributed by atoms with Crippen LogP contribution in [0.1, 0.15) is 18.4 Å². The highest BCUT2D eigenvalue weighted by molar-refractivity contribution is 6.31. The van der Waals surface area contributed by atoms with Gasteiger partial charge < -0.3 is 10.2 Å². The molecule has 1 aromatic carbocycles. The zero-order chi connectivity index (χ0) is 19.3. The van der Waals surface area contributed by atoms with Gasteiger partial charge in [-0.15, -0.1) is 0 Å². The van der Waals surface area contributed by atoms with Crippen LogP contribution in [-0.4, -0.2) is 38.5 Å². The number of nitrogens with zero attached hydrogens (tertiary/aromatic N) is 5. The van der Waals surface area contributed by atoms with E-state index in [1.165, 1.54) is 0 Å². The molecular weight excluding hydrogens is 376 g/mol. The molecule has 1 fully saturated rings. The van der Waals surface area contributed by atoms with Crippen LogP contribution >= 0.6 is 11.6 Å². The first-order valence-corrected chi connectivity index (χ1v) is 9.65. The summed E-state index contributed by atoms with van der Waals surface area (Å²) in [6, 6.07) is 9.51. The highest BCUT2D eigenvalue weighted by atomic mass is 35.5. The lowest BCUT2D eigenvalue weighted by Crippen LogP contribution is -2.40. The normalized spacial score (nSPS) is 14.8. The lowest BCUT2D eigenvalue weighted by atomic mass is 9.96. The number of nitrogens with one attached hydrogen (secondary N) is 1. The van der Waals surface area contributed by atoms with Crippen molar-refractivity contribution in [2.45, 2.75) is 19.4 Å². The molecular formula is C20H21ClN6O. The number of aromatic nitrogens is 4. The third-order valence-corrected chi connectivity index (χ3v) is 5.38. The van der Waals surface area contributed by atoms with Gasteiger partial charge in [0.2, 0.25) is 5.91 Å². The van der Waals surface area contributed by atoms with E-state index in [2.05, 4.69) is 25.2 Å². The van der Waals surface area contributed by atoms with Crippen LogP contribution in [0.4, 0.5) is 5.82 Å². The second-order valence-corrected chi connectivity index (χ2v) is 7.18. The molecule has 0 saturated carbocycles. The summed E-state index contributed by atoms with van der Waals surface area (Å²) >= 11 is 6.15. The van der Waals surface area contributed by atoms with Crippen LogP contribution in [0.25, 0.3) is 5.82 Å². The van der Waals surface area contributed by atoms with Gasteiger partial charge in [-0.05, 0) is 24.5 Å². The molecule has 7 nitrogen and oxygen atoms in total. The van der Waals surface area contributed by atoms with Crippen LogP contribution in [0, 0.1) is 5.92 Å². The number of carbonyl (C=O) groups excluding carboxylic acids is 1. The molecule has 0 radical (unpaired) electrons. The Labute approximate surface area is 168 Å². The number of imidazole rings is 1. The van der Waals surface area contributed by atoms with Gasteiger partial charge in [-0.2, -0.15) is 0 Å². The van der Waals surface area contributed by atoms with E-state index >= 15 is 0 Å². The Balaban J connectivity index is 1.33. The van der Waals surface area contributed by atoms with Crippen molar-refractivity contribution >= 4 is 23.3 Å². The van der Waals surface area contributed by atoms with Crippen molar-refractivity contribution < 1.29 is 4.79 Å². The van der Waals surface area contributed by atoms with Crippen LogP contribution in [0.15, 0.2) is 55.4 Å². The van der Waals surface area contributed by atoms with Crippen molar-refractivity contribution in [2.75, 3.05) is 18.0 Å². The molecule has 1 aliphatic heterocycles. The summed E-state index contributed by atoms with van der Waals surface area (Å²) in [5.74, 6) is 1.74. The number of hydrogen-bond acceptors (Lipinski definition) is 5. The molecule has 3 aromatic rings. The maximum absolute atomic E-state index is 12.5. The van der Waals surface area contributed by atoms with Gasteiger partial charge in [0.25, 0.3) is 0 Å². The summed E-state index contributed by atoms with van der Waals surface area (Å²) in [5.41, 5.74) is 0.933. The van der Waals surface area contributed by atoms with Crippen molar-refractivity contribution in [3.8, 4) is 5.82 Å². The zero-order valence-corrected chi connectivity index (χ0v) is 16.1. The minimum atomic E-state index is 0.00805. The van der Waals surface area contributed by atoms with E-state index in [0.29, 0.717) is 11.6 Å². The monoisotopic (exact) mass is 396 g/mol. The lowest BCUT2D eigenvalue weighted by molar-refractivity contribution is -0.125. The number of carbonyl (C=O) groups is 1. The smallest absolute Gasteiger partial charge is 0.223 e. The highest BCUT2D eigenvalue weighted by Gasteiger charge is 2.25. The van der Waals surface area contributed by atoms with Crippen LogP contribution < -0.4 is 10.2 Å². The largest absolute Gasteiger partial charge is 0.356 e. The van der Waals surface area contributed by atoms with Crippen molar-refractivity contribution in [1.82, 2.24) is 24.8 Å². The fourth-order valence-electron chi connectivity index (χ4n) is 3.39. The topological polar surface area (TPSA) is 75.9 Å². The molecule has 1 N–H and O–H groups in total. The second kappa shape index (κ2) is 8.39. The fraction of sp³-hybridized carbons (Fsp3) is 0.300. The number of hydrogen-bond donors (Lipinski definition) is 1. The number of halogens is 1. The minimum absolute atomic E-state index is 0.00805. The predicted molar refractivity (Wildman–Crippen MR) is 107 cm³/mol. The summed E-state index contributed by atoms with van der Waals surface area (Å²) in [6.45, 7) is 2.02. The van der Waals surface area contributed by atoms with Gasteiger partial charge in [0.15, 0.2) is 0 Å². The molecule has 8 heteroatoms. The standard InChI is InChI=1S/C20H21ClN6O/c21-17-4-2-1-3-16(17)12-23-20(28)15-5-8-26(9-6-15)18-11-19(25-13-24-18)27-10-7-22-14-27/h1-4,7,10-11,13-15H,5-6,8-9,12H2,(H,23,28). The van der Waals surface area contributed by atoms with Gasteiger partial charge in [-0.25, -0.2) is 15.0 Å². The first-order valence-electron chi connectivity index (χ1n) is 9.27. The van der Waals surface area contributed by atoms with E-state index in [4.69, 9.17) is 11.6 Å². The summed E-state index contributed by atoms with van der Waals surface area (Å²) in [7, 11) is 0. The molecule has 28 heavy (non-hydrogen) atoms. The van der Waals surface area contributed by atoms with Gasteiger partial charge in [-0.1, -0.05) is 29.8 Å². The average molecular weight is 397 g/mol. The van der Waals surface area contributed by atoms with Crippen LogP contribution in [0.3, 0.4) is 0 Å². The van der Waals surface area contributed by atoms with Crippen molar-refractivity contribution in [3.63, 3.8) is 0 Å². The van der Waals surface area contributed by atoms with E-state index in [9.17, 15) is 4.79 Å². The maximum atomic E-state index is 12.5. The molecule has 1 saturated heterocycles. The Bertz CT molecular complexity index is 937. The Morgan fingerprint density at radius 1 is 1.18 bits per heavy atom. The molecule has 0 aliphatic carbocycles. The molecule has 0 atom stereocenters. The van der Waals surface area contributed by atoms with E-state index in [-0.39, 0.29) is 11.8 Å². The third-order valence-electron chi connectivity index (χ3n) is 5.01. The van der Waals surface area contributed by atoms with Crippen molar-refractivity contribution in [1.29, 1.82) is 0 Å². The van der Waals surface area contributed by atoms with Gasteiger partial charge in [0.1, 0.15) is 24.3 Å². The maximum Gasteiger partial charge on any atom is 0.223 e. The number of piperidine rings is 1. The minimum Gasteiger partial charge on any atom is -0.356 e. The number of rotatable bonds is 5. The Morgan fingerprint density at radius 3 is 2.71 bits per heavy atom. The molecule has 0 bridgehead atoms. The lowest BCUT2D eigenvalue weighted by Gasteiger charge is -2.32. The van der Waals surface area contributed by atoms with E-state index in [1.54, 1.807) is 18.9 Å². The van der Waals surface area contributed by atoms with Crippen molar-refractivity contribution in [3.05, 3.63) is 66.0 Å². The number of amides is 1. The van der Waals surface area contributed by atoms with Crippen LogP contribution in [0.5, 0.6) is 0 Å². The summed E-state index contributed by atoms with van der Waals surface area (Å²) in [5, 5.41) is 3.69. The first kappa shape index (κ1) is 18.4. The van der Waals surface area contributed by atoms with Crippen molar-refractivity contribution in [2.24, 2.45) is 5.92 Å². The van der Waals surface area contributed by atoms with E-state index in [1.807, 2.05) is 41.1 Å². The third kappa shape index (κ3) is 4.14. The SMILES string of the molecule is O=C(NCc1ccccc1Cl)C1CCN(c2cc(-n3ccnc3)ncn2)CC1. The Morgan fingerprint density at radius 2 is 1.96 bits per heavy atom. The Kier molecular flexibility index (Phi) is 5.53. The molecule has 0 unspecified atom stereocenters. The first-order chi connectivity index (χ1) is 13.7. The summed E-state index contributed by atoms with van der Waals surface area (Å²) in [4.78, 5) is 27.5. The fourth-order valence-corrected chi connectivity index (χ4v) is 3.59. The van der Waals surface area contributed by atoms with E-state index < -0.39 is 0 Å². The molecule has 144 valence electrons. The zero-order valence-electron chi connectivity index (χ0n) is 15.3. The van der Waals surface area contributed by atoms with Crippen LogP contribution in [0.2, 0.25) is 5.02 Å². The summed E-state index contributed by atoms with van der Waals surface area (Å²) in [6.07, 6.45) is 8.42. The van der Waals surface area contributed by atoms with Crippen LogP contribution in [-0.2, 0) is 11.3 Å². The average Bonchev–Trinajstić information content (AvgIpc) is 3.28. The van der Waals surface area contributed by atoms with E-state index in [0.717, 1.165) is 43.1 Å². The van der Waals surface area contributed by atoms with Gasteiger partial charge in [-0.3, -0.25) is 9.36 Å².